The maximum atomic E-state index is 13.4. The van der Waals surface area contributed by atoms with Gasteiger partial charge < -0.3 is 0 Å². The SMILES string of the molecule is O=C(Cc1ccccc1F)c1cc(Cl)sc1Cl. The van der Waals surface area contributed by atoms with Crippen LogP contribution >= 0.6 is 34.5 Å². The molecule has 0 atom stereocenters. The lowest BCUT2D eigenvalue weighted by Crippen LogP contribution is -2.04. The van der Waals surface area contributed by atoms with E-state index in [-0.39, 0.29) is 12.2 Å². The molecule has 1 heterocycles. The normalized spacial score (nSPS) is 10.5. The van der Waals surface area contributed by atoms with Crippen molar-refractivity contribution >= 4 is 40.3 Å². The molecule has 1 aromatic heterocycles. The molecule has 0 aliphatic heterocycles. The molecule has 0 radical (unpaired) electrons. The number of halogens is 3. The number of hydrogen-bond acceptors (Lipinski definition) is 2. The van der Waals surface area contributed by atoms with E-state index in [1.807, 2.05) is 0 Å². The second kappa shape index (κ2) is 5.17. The molecule has 0 amide bonds. The largest absolute Gasteiger partial charge is 0.294 e. The van der Waals surface area contributed by atoms with Crippen molar-refractivity contribution in [2.24, 2.45) is 0 Å². The zero-order valence-corrected chi connectivity index (χ0v) is 10.9. The first kappa shape index (κ1) is 12.6. The second-order valence-corrected chi connectivity index (χ2v) is 5.71. The summed E-state index contributed by atoms with van der Waals surface area (Å²) in [5.41, 5.74) is 0.709. The number of carbonyl (C=O) groups is 1. The fraction of sp³-hybridized carbons (Fsp3) is 0.0833. The van der Waals surface area contributed by atoms with Gasteiger partial charge in [-0.2, -0.15) is 0 Å². The summed E-state index contributed by atoms with van der Waals surface area (Å²) in [4.78, 5) is 11.9. The van der Waals surface area contributed by atoms with E-state index in [4.69, 9.17) is 23.2 Å². The third-order valence-corrected chi connectivity index (χ3v) is 3.75. The molecule has 0 fully saturated rings. The van der Waals surface area contributed by atoms with Crippen molar-refractivity contribution in [1.29, 1.82) is 0 Å². The van der Waals surface area contributed by atoms with Gasteiger partial charge in [0.05, 0.1) is 4.34 Å². The summed E-state index contributed by atoms with van der Waals surface area (Å²) in [6.07, 6.45) is -0.0144. The first-order chi connectivity index (χ1) is 8.08. The molecular formula is C12H7Cl2FOS. The van der Waals surface area contributed by atoms with Crippen LogP contribution in [0.2, 0.25) is 8.67 Å². The summed E-state index contributed by atoms with van der Waals surface area (Å²) in [6, 6.07) is 7.68. The Morgan fingerprint density at radius 1 is 1.29 bits per heavy atom. The molecule has 0 spiro atoms. The number of ketones is 1. The monoisotopic (exact) mass is 288 g/mol. The highest BCUT2D eigenvalue weighted by Gasteiger charge is 2.16. The van der Waals surface area contributed by atoms with Crippen molar-refractivity contribution in [1.82, 2.24) is 0 Å². The smallest absolute Gasteiger partial charge is 0.169 e. The van der Waals surface area contributed by atoms with Crippen LogP contribution in [0.4, 0.5) is 4.39 Å². The van der Waals surface area contributed by atoms with Crippen LogP contribution in [0.5, 0.6) is 0 Å². The highest BCUT2D eigenvalue weighted by Crippen LogP contribution is 2.32. The van der Waals surface area contributed by atoms with Crippen LogP contribution in [0, 0.1) is 5.82 Å². The Balaban J connectivity index is 2.23. The molecule has 17 heavy (non-hydrogen) atoms. The molecule has 5 heteroatoms. The summed E-state index contributed by atoms with van der Waals surface area (Å²) >= 11 is 12.7. The molecule has 0 aliphatic rings. The van der Waals surface area contributed by atoms with Gasteiger partial charge in [-0.15, -0.1) is 11.3 Å². The Hall–Kier alpha value is -0.900. The number of rotatable bonds is 3. The van der Waals surface area contributed by atoms with Gasteiger partial charge in [-0.05, 0) is 17.7 Å². The maximum Gasteiger partial charge on any atom is 0.169 e. The van der Waals surface area contributed by atoms with Crippen molar-refractivity contribution < 1.29 is 9.18 Å². The van der Waals surface area contributed by atoms with Gasteiger partial charge >= 0.3 is 0 Å². The molecule has 0 unspecified atom stereocenters. The topological polar surface area (TPSA) is 17.1 Å². The Labute approximate surface area is 112 Å². The Morgan fingerprint density at radius 2 is 2.00 bits per heavy atom. The quantitative estimate of drug-likeness (QED) is 0.753. The minimum absolute atomic E-state index is 0.0144. The van der Waals surface area contributed by atoms with Crippen molar-refractivity contribution in [2.45, 2.75) is 6.42 Å². The van der Waals surface area contributed by atoms with Gasteiger partial charge in [0.1, 0.15) is 10.2 Å². The van der Waals surface area contributed by atoms with Crippen LogP contribution in [0.25, 0.3) is 0 Å². The van der Waals surface area contributed by atoms with Gasteiger partial charge in [0.25, 0.3) is 0 Å². The summed E-state index contributed by atoms with van der Waals surface area (Å²) in [5, 5.41) is 0. The van der Waals surface area contributed by atoms with Gasteiger partial charge in [0.2, 0.25) is 0 Å². The summed E-state index contributed by atoms with van der Waals surface area (Å²) in [6.45, 7) is 0. The highest BCUT2D eigenvalue weighted by molar-refractivity contribution is 7.20. The van der Waals surface area contributed by atoms with E-state index in [0.29, 0.717) is 19.8 Å². The molecule has 0 N–H and O–H groups in total. The van der Waals surface area contributed by atoms with Crippen molar-refractivity contribution in [2.75, 3.05) is 0 Å². The van der Waals surface area contributed by atoms with Crippen molar-refractivity contribution in [3.05, 3.63) is 55.9 Å². The van der Waals surface area contributed by atoms with Crippen LogP contribution in [0.15, 0.2) is 30.3 Å². The average molecular weight is 289 g/mol. The van der Waals surface area contributed by atoms with E-state index < -0.39 is 5.82 Å². The minimum atomic E-state index is -0.390. The van der Waals surface area contributed by atoms with Gasteiger partial charge in [-0.25, -0.2) is 4.39 Å². The van der Waals surface area contributed by atoms with Crippen LogP contribution in [-0.2, 0) is 6.42 Å². The zero-order chi connectivity index (χ0) is 12.4. The molecule has 2 aromatic rings. The number of benzene rings is 1. The molecule has 1 nitrogen and oxygen atoms in total. The first-order valence-electron chi connectivity index (χ1n) is 4.79. The first-order valence-corrected chi connectivity index (χ1v) is 6.36. The standard InChI is InChI=1S/C12H7Cl2FOS/c13-11-6-8(12(14)17-11)10(16)5-7-3-1-2-4-9(7)15/h1-4,6H,5H2. The fourth-order valence-corrected chi connectivity index (χ4v) is 2.94. The van der Waals surface area contributed by atoms with E-state index in [9.17, 15) is 9.18 Å². The molecule has 2 rings (SSSR count). The third kappa shape index (κ3) is 2.86. The summed E-state index contributed by atoms with van der Waals surface area (Å²) < 4.78 is 14.2. The molecular weight excluding hydrogens is 282 g/mol. The lowest BCUT2D eigenvalue weighted by Gasteiger charge is -2.01. The molecule has 88 valence electrons. The number of Topliss-reactive ketones (excluding diaryl/α,β-unsaturated/α-hetero) is 1. The fourth-order valence-electron chi connectivity index (χ4n) is 1.44. The van der Waals surface area contributed by atoms with Crippen LogP contribution in [-0.4, -0.2) is 5.78 Å². The average Bonchev–Trinajstić information content (AvgIpc) is 2.61. The van der Waals surface area contributed by atoms with E-state index >= 15 is 0 Å². The van der Waals surface area contributed by atoms with E-state index in [1.54, 1.807) is 18.2 Å². The summed E-state index contributed by atoms with van der Waals surface area (Å²) in [7, 11) is 0. The lowest BCUT2D eigenvalue weighted by atomic mass is 10.1. The van der Waals surface area contributed by atoms with Crippen molar-refractivity contribution in [3.8, 4) is 0 Å². The molecule has 0 bridgehead atoms. The molecule has 1 aromatic carbocycles. The predicted molar refractivity (Wildman–Crippen MR) is 68.8 cm³/mol. The summed E-state index contributed by atoms with van der Waals surface area (Å²) in [5.74, 6) is -0.624. The molecule has 0 saturated carbocycles. The highest BCUT2D eigenvalue weighted by atomic mass is 35.5. The Bertz CT molecular complexity index is 565. The second-order valence-electron chi connectivity index (χ2n) is 3.43. The predicted octanol–water partition coefficient (Wildman–Crippen LogP) is 4.62. The van der Waals surface area contributed by atoms with Crippen LogP contribution in [0.1, 0.15) is 15.9 Å². The number of thiophene rings is 1. The maximum absolute atomic E-state index is 13.4. The van der Waals surface area contributed by atoms with Crippen molar-refractivity contribution in [3.63, 3.8) is 0 Å². The Morgan fingerprint density at radius 3 is 2.59 bits per heavy atom. The third-order valence-electron chi connectivity index (χ3n) is 2.27. The van der Waals surface area contributed by atoms with Gasteiger partial charge in [0, 0.05) is 12.0 Å². The minimum Gasteiger partial charge on any atom is -0.294 e. The van der Waals surface area contributed by atoms with E-state index in [1.165, 1.54) is 12.1 Å². The molecule has 0 saturated heterocycles. The van der Waals surface area contributed by atoms with Gasteiger partial charge in [0.15, 0.2) is 5.78 Å². The molecule has 0 aliphatic carbocycles. The van der Waals surface area contributed by atoms with Gasteiger partial charge in [-0.1, -0.05) is 41.4 Å². The van der Waals surface area contributed by atoms with Gasteiger partial charge in [-0.3, -0.25) is 4.79 Å². The lowest BCUT2D eigenvalue weighted by molar-refractivity contribution is 0.0992. The van der Waals surface area contributed by atoms with E-state index in [2.05, 4.69) is 0 Å². The Kier molecular flexibility index (Phi) is 3.82. The number of carbonyl (C=O) groups excluding carboxylic acids is 1. The van der Waals surface area contributed by atoms with Crippen LogP contribution in [0.3, 0.4) is 0 Å². The van der Waals surface area contributed by atoms with Crippen LogP contribution < -0.4 is 0 Å². The van der Waals surface area contributed by atoms with E-state index in [0.717, 1.165) is 11.3 Å². The zero-order valence-electron chi connectivity index (χ0n) is 8.54. The number of hydrogen-bond donors (Lipinski definition) is 0.